The number of hydrogen-bond donors (Lipinski definition) is 1. The molecule has 106 valence electrons. The maximum Gasteiger partial charge on any atom is 0.0717 e. The third-order valence-electron chi connectivity index (χ3n) is 5.09. The van der Waals surface area contributed by atoms with Crippen LogP contribution in [0.2, 0.25) is 0 Å². The van der Waals surface area contributed by atoms with Crippen molar-refractivity contribution in [2.75, 3.05) is 5.32 Å². The Bertz CT molecular complexity index is 1280. The van der Waals surface area contributed by atoms with Crippen LogP contribution in [-0.2, 0) is 0 Å². The lowest BCUT2D eigenvalue weighted by Gasteiger charge is -2.11. The minimum Gasteiger partial charge on any atom is -0.351 e. The quantitative estimate of drug-likeness (QED) is 0.255. The molecule has 0 bridgehead atoms. The van der Waals surface area contributed by atoms with Crippen molar-refractivity contribution in [3.63, 3.8) is 0 Å². The minimum atomic E-state index is 1.30. The van der Waals surface area contributed by atoms with Gasteiger partial charge < -0.3 is 5.32 Å². The molecule has 6 rings (SSSR count). The molecule has 0 saturated heterocycles. The Morgan fingerprint density at radius 3 is 1.43 bits per heavy atom. The van der Waals surface area contributed by atoms with Gasteiger partial charge in [-0.25, -0.2) is 0 Å². The summed E-state index contributed by atoms with van der Waals surface area (Å²) in [5.74, 6) is 0. The van der Waals surface area contributed by atoms with Crippen molar-refractivity contribution in [3.8, 4) is 0 Å². The van der Waals surface area contributed by atoms with E-state index in [9.17, 15) is 0 Å². The summed E-state index contributed by atoms with van der Waals surface area (Å²) in [7, 11) is 0. The summed E-state index contributed by atoms with van der Waals surface area (Å²) in [5.41, 5.74) is 2.61. The molecule has 1 heterocycles. The van der Waals surface area contributed by atoms with E-state index in [-0.39, 0.29) is 0 Å². The number of hydrogen-bond acceptors (Lipinski definition) is 1. The molecule has 0 spiro atoms. The van der Waals surface area contributed by atoms with Crippen LogP contribution in [0, 0.1) is 0 Å². The second-order valence-corrected chi connectivity index (χ2v) is 6.26. The Balaban J connectivity index is 2.09. The zero-order valence-corrected chi connectivity index (χ0v) is 12.4. The van der Waals surface area contributed by atoms with Gasteiger partial charge in [0.1, 0.15) is 0 Å². The lowest BCUT2D eigenvalue weighted by molar-refractivity contribution is 1.80. The van der Waals surface area contributed by atoms with Crippen molar-refractivity contribution in [1.29, 1.82) is 0 Å². The maximum atomic E-state index is 3.53. The Morgan fingerprint density at radius 2 is 0.826 bits per heavy atom. The topological polar surface area (TPSA) is 21.9 Å². The summed E-state index contributed by atoms with van der Waals surface area (Å²) in [6.45, 7) is 0. The molecule has 5 aromatic rings. The van der Waals surface area contributed by atoms with Crippen LogP contribution in [0.15, 0.2) is 72.8 Å². The highest BCUT2D eigenvalue weighted by molar-refractivity contribution is 6.40. The van der Waals surface area contributed by atoms with Gasteiger partial charge in [-0.2, -0.15) is 0 Å². The molecule has 0 unspecified atom stereocenters. The van der Waals surface area contributed by atoms with Gasteiger partial charge in [-0.1, -0.05) is 72.8 Å². The second-order valence-electron chi connectivity index (χ2n) is 6.26. The zero-order valence-electron chi connectivity index (χ0n) is 12.4. The Kier molecular flexibility index (Phi) is 1.91. The highest BCUT2D eigenvalue weighted by Crippen LogP contribution is 2.54. The van der Waals surface area contributed by atoms with E-state index in [1.54, 1.807) is 0 Å². The lowest BCUT2D eigenvalue weighted by Crippen LogP contribution is -1.83. The standard InChI is InChI=1S/C22H13N/c1-3-9-15-13(7-1)14-8-2-4-10-16(14)20-19(15)17-11-5-6-12-18(17)21-22(20)23-21/h1-12,23H. The first-order valence-electron chi connectivity index (χ1n) is 7.98. The Hall–Kier alpha value is -3.06. The summed E-state index contributed by atoms with van der Waals surface area (Å²) in [4.78, 5) is 0. The van der Waals surface area contributed by atoms with Gasteiger partial charge >= 0.3 is 0 Å². The third-order valence-corrected chi connectivity index (χ3v) is 5.09. The SMILES string of the molecule is c1ccc2c(c1)c1c(c3c4ccccc4c4ccccc4c23)N1. The summed E-state index contributed by atoms with van der Waals surface area (Å²) >= 11 is 0. The molecule has 1 N–H and O–H groups in total. The van der Waals surface area contributed by atoms with Crippen molar-refractivity contribution in [3.05, 3.63) is 72.8 Å². The van der Waals surface area contributed by atoms with E-state index >= 15 is 0 Å². The molecule has 1 heteroatoms. The van der Waals surface area contributed by atoms with Gasteiger partial charge in [0.05, 0.1) is 11.4 Å². The van der Waals surface area contributed by atoms with Gasteiger partial charge in [0.15, 0.2) is 0 Å². The number of benzene rings is 5. The van der Waals surface area contributed by atoms with Crippen LogP contribution in [0.4, 0.5) is 11.4 Å². The van der Waals surface area contributed by atoms with Gasteiger partial charge in [-0.05, 0) is 26.9 Å². The smallest absolute Gasteiger partial charge is 0.0717 e. The summed E-state index contributed by atoms with van der Waals surface area (Å²) in [6, 6.07) is 26.3. The van der Waals surface area contributed by atoms with Gasteiger partial charge in [0, 0.05) is 16.2 Å². The van der Waals surface area contributed by atoms with Crippen molar-refractivity contribution in [2.45, 2.75) is 0 Å². The molecule has 5 aromatic carbocycles. The monoisotopic (exact) mass is 291 g/mol. The first-order chi connectivity index (χ1) is 11.4. The van der Waals surface area contributed by atoms with Crippen LogP contribution >= 0.6 is 0 Å². The van der Waals surface area contributed by atoms with Crippen LogP contribution in [-0.4, -0.2) is 0 Å². The molecule has 0 radical (unpaired) electrons. The van der Waals surface area contributed by atoms with E-state index < -0.39 is 0 Å². The Morgan fingerprint density at radius 1 is 0.391 bits per heavy atom. The van der Waals surface area contributed by atoms with E-state index in [1.165, 1.54) is 54.5 Å². The normalized spacial score (nSPS) is 12.7. The fourth-order valence-corrected chi connectivity index (χ4v) is 4.08. The van der Waals surface area contributed by atoms with Gasteiger partial charge in [0.25, 0.3) is 0 Å². The van der Waals surface area contributed by atoms with Crippen molar-refractivity contribution >= 4 is 54.5 Å². The molecule has 0 saturated carbocycles. The molecule has 1 aliphatic heterocycles. The minimum absolute atomic E-state index is 1.30. The van der Waals surface area contributed by atoms with Gasteiger partial charge in [-0.3, -0.25) is 0 Å². The van der Waals surface area contributed by atoms with Crippen molar-refractivity contribution in [2.24, 2.45) is 0 Å². The van der Waals surface area contributed by atoms with Crippen LogP contribution in [0.3, 0.4) is 0 Å². The predicted octanol–water partition coefficient (Wildman–Crippen LogP) is 6.36. The zero-order chi connectivity index (χ0) is 15.0. The predicted molar refractivity (Wildman–Crippen MR) is 99.7 cm³/mol. The van der Waals surface area contributed by atoms with E-state index in [0.29, 0.717) is 0 Å². The van der Waals surface area contributed by atoms with E-state index in [2.05, 4.69) is 78.1 Å². The van der Waals surface area contributed by atoms with E-state index in [1.807, 2.05) is 0 Å². The van der Waals surface area contributed by atoms with Crippen LogP contribution in [0.1, 0.15) is 0 Å². The molecule has 0 aromatic heterocycles. The van der Waals surface area contributed by atoms with Crippen LogP contribution in [0.5, 0.6) is 0 Å². The third kappa shape index (κ3) is 1.33. The molecule has 0 aliphatic carbocycles. The maximum absolute atomic E-state index is 3.53. The van der Waals surface area contributed by atoms with Crippen LogP contribution < -0.4 is 5.32 Å². The highest BCUT2D eigenvalue weighted by Gasteiger charge is 2.26. The molecule has 0 fully saturated rings. The average molecular weight is 291 g/mol. The van der Waals surface area contributed by atoms with E-state index in [0.717, 1.165) is 0 Å². The number of rotatable bonds is 0. The molecular formula is C22H13N. The van der Waals surface area contributed by atoms with Gasteiger partial charge in [-0.15, -0.1) is 0 Å². The summed E-state index contributed by atoms with van der Waals surface area (Å²) < 4.78 is 0. The first kappa shape index (κ1) is 11.5. The molecular weight excluding hydrogens is 278 g/mol. The largest absolute Gasteiger partial charge is 0.351 e. The average Bonchev–Trinajstić information content (AvgIpc) is 3.42. The second kappa shape index (κ2) is 3.82. The number of nitrogens with one attached hydrogen (secondary N) is 1. The van der Waals surface area contributed by atoms with Crippen LogP contribution in [0.25, 0.3) is 43.1 Å². The fourth-order valence-electron chi connectivity index (χ4n) is 4.08. The lowest BCUT2D eigenvalue weighted by atomic mass is 9.91. The molecule has 0 atom stereocenters. The van der Waals surface area contributed by atoms with Crippen molar-refractivity contribution < 1.29 is 0 Å². The summed E-state index contributed by atoms with van der Waals surface area (Å²) in [5, 5.41) is 14.3. The Labute approximate surface area is 133 Å². The van der Waals surface area contributed by atoms with Gasteiger partial charge in [0.2, 0.25) is 0 Å². The number of anilines is 2. The molecule has 0 amide bonds. The molecule has 1 aliphatic rings. The molecule has 23 heavy (non-hydrogen) atoms. The van der Waals surface area contributed by atoms with Crippen molar-refractivity contribution in [1.82, 2.24) is 0 Å². The fraction of sp³-hybridized carbons (Fsp3) is 0. The number of fused-ring (bicyclic) bond motifs is 11. The first-order valence-corrected chi connectivity index (χ1v) is 7.98. The molecule has 1 nitrogen and oxygen atoms in total. The van der Waals surface area contributed by atoms with E-state index in [4.69, 9.17) is 0 Å². The highest BCUT2D eigenvalue weighted by atomic mass is 15.0. The summed E-state index contributed by atoms with van der Waals surface area (Å²) in [6.07, 6.45) is 0.